The number of aryl methyl sites for hydroxylation is 3. The molecule has 3 heteroatoms. The molecule has 3 aromatic rings. The third-order valence-electron chi connectivity index (χ3n) is 4.09. The third-order valence-corrected chi connectivity index (χ3v) is 4.09. The monoisotopic (exact) mass is 307 g/mol. The van der Waals surface area contributed by atoms with Crippen LogP contribution in [0.15, 0.2) is 47.1 Å². The van der Waals surface area contributed by atoms with Gasteiger partial charge in [0, 0.05) is 16.6 Å². The van der Waals surface area contributed by atoms with E-state index in [0.717, 1.165) is 39.8 Å². The molecular weight excluding hydrogens is 286 g/mol. The largest absolute Gasteiger partial charge is 0.464 e. The van der Waals surface area contributed by atoms with Gasteiger partial charge in [-0.15, -0.1) is 0 Å². The molecule has 3 nitrogen and oxygen atoms in total. The van der Waals surface area contributed by atoms with Gasteiger partial charge in [-0.05, 0) is 55.2 Å². The summed E-state index contributed by atoms with van der Waals surface area (Å²) in [6, 6.07) is 12.1. The first-order valence-corrected chi connectivity index (χ1v) is 7.93. The maximum atomic E-state index is 12.3. The van der Waals surface area contributed by atoms with E-state index in [1.54, 1.807) is 6.26 Å². The molecule has 0 unspecified atom stereocenters. The minimum absolute atomic E-state index is 0.0306. The second kappa shape index (κ2) is 6.29. The molecule has 118 valence electrons. The molecule has 0 aliphatic heterocycles. The summed E-state index contributed by atoms with van der Waals surface area (Å²) in [5.74, 6) is -0.0306. The number of rotatable bonds is 4. The number of fused-ring (bicyclic) bond motifs is 1. The van der Waals surface area contributed by atoms with E-state index in [1.807, 2.05) is 37.3 Å². The van der Waals surface area contributed by atoms with E-state index in [4.69, 9.17) is 4.42 Å². The number of hydrogen-bond acceptors (Lipinski definition) is 2. The van der Waals surface area contributed by atoms with Gasteiger partial charge in [-0.3, -0.25) is 4.79 Å². The van der Waals surface area contributed by atoms with Crippen LogP contribution in [-0.2, 0) is 17.6 Å². The molecule has 0 fully saturated rings. The van der Waals surface area contributed by atoms with Crippen LogP contribution in [0.25, 0.3) is 11.0 Å². The van der Waals surface area contributed by atoms with E-state index in [2.05, 4.69) is 25.2 Å². The number of benzene rings is 2. The molecule has 0 saturated carbocycles. The highest BCUT2D eigenvalue weighted by Crippen LogP contribution is 2.26. The number of carbonyl (C=O) groups is 1. The Morgan fingerprint density at radius 3 is 2.57 bits per heavy atom. The zero-order chi connectivity index (χ0) is 16.4. The van der Waals surface area contributed by atoms with Gasteiger partial charge in [0.25, 0.3) is 0 Å². The molecule has 0 aliphatic carbocycles. The van der Waals surface area contributed by atoms with Crippen LogP contribution < -0.4 is 5.32 Å². The van der Waals surface area contributed by atoms with Gasteiger partial charge in [-0.1, -0.05) is 25.1 Å². The fraction of sp³-hybridized carbons (Fsp3) is 0.250. The summed E-state index contributed by atoms with van der Waals surface area (Å²) in [6.45, 7) is 6.21. The van der Waals surface area contributed by atoms with Gasteiger partial charge in [0.15, 0.2) is 0 Å². The molecular formula is C20H21NO2. The topological polar surface area (TPSA) is 42.2 Å². The molecule has 0 saturated heterocycles. The molecule has 1 N–H and O–H groups in total. The SMILES string of the molecule is CCc1ccc(NC(=O)Cc2coc3cc(C)cc(C)c23)cc1. The lowest BCUT2D eigenvalue weighted by atomic mass is 10.0. The Hall–Kier alpha value is -2.55. The molecule has 0 aliphatic rings. The van der Waals surface area contributed by atoms with Gasteiger partial charge >= 0.3 is 0 Å². The van der Waals surface area contributed by atoms with Gasteiger partial charge in [0.05, 0.1) is 12.7 Å². The average molecular weight is 307 g/mol. The Labute approximate surface area is 136 Å². The second-order valence-electron chi connectivity index (χ2n) is 5.99. The van der Waals surface area contributed by atoms with Gasteiger partial charge in [0.1, 0.15) is 5.58 Å². The number of amides is 1. The molecule has 3 rings (SSSR count). The molecule has 0 spiro atoms. The number of nitrogens with one attached hydrogen (secondary N) is 1. The number of hydrogen-bond donors (Lipinski definition) is 1. The summed E-state index contributed by atoms with van der Waals surface area (Å²) in [7, 11) is 0. The standard InChI is InChI=1S/C20H21NO2/c1-4-15-5-7-17(8-6-15)21-19(22)11-16-12-23-18-10-13(2)9-14(3)20(16)18/h5-10,12H,4,11H2,1-3H3,(H,21,22). The van der Waals surface area contributed by atoms with Crippen molar-refractivity contribution >= 4 is 22.6 Å². The predicted octanol–water partition coefficient (Wildman–Crippen LogP) is 4.79. The van der Waals surface area contributed by atoms with Gasteiger partial charge < -0.3 is 9.73 Å². The van der Waals surface area contributed by atoms with Crippen LogP contribution >= 0.6 is 0 Å². The lowest BCUT2D eigenvalue weighted by Crippen LogP contribution is -2.14. The Morgan fingerprint density at radius 2 is 1.87 bits per heavy atom. The van der Waals surface area contributed by atoms with E-state index >= 15 is 0 Å². The first kappa shape index (κ1) is 15.3. The van der Waals surface area contributed by atoms with Gasteiger partial charge in [-0.2, -0.15) is 0 Å². The smallest absolute Gasteiger partial charge is 0.228 e. The fourth-order valence-corrected chi connectivity index (χ4v) is 2.96. The van der Waals surface area contributed by atoms with Crippen LogP contribution in [0.1, 0.15) is 29.2 Å². The van der Waals surface area contributed by atoms with E-state index in [-0.39, 0.29) is 5.91 Å². The first-order valence-electron chi connectivity index (χ1n) is 7.93. The number of furan rings is 1. The highest BCUT2D eigenvalue weighted by atomic mass is 16.3. The number of carbonyl (C=O) groups excluding carboxylic acids is 1. The molecule has 0 bridgehead atoms. The highest BCUT2D eigenvalue weighted by Gasteiger charge is 2.13. The van der Waals surface area contributed by atoms with Crippen LogP contribution in [0.2, 0.25) is 0 Å². The van der Waals surface area contributed by atoms with Crippen molar-refractivity contribution in [3.8, 4) is 0 Å². The second-order valence-corrected chi connectivity index (χ2v) is 5.99. The van der Waals surface area contributed by atoms with Crippen molar-refractivity contribution in [1.82, 2.24) is 0 Å². The van der Waals surface area contributed by atoms with Crippen molar-refractivity contribution in [1.29, 1.82) is 0 Å². The highest BCUT2D eigenvalue weighted by molar-refractivity contribution is 5.96. The summed E-state index contributed by atoms with van der Waals surface area (Å²) in [5, 5.41) is 3.99. The van der Waals surface area contributed by atoms with E-state index in [9.17, 15) is 4.79 Å². The predicted molar refractivity (Wildman–Crippen MR) is 93.8 cm³/mol. The minimum atomic E-state index is -0.0306. The van der Waals surface area contributed by atoms with Crippen LogP contribution in [0.5, 0.6) is 0 Å². The maximum Gasteiger partial charge on any atom is 0.228 e. The van der Waals surface area contributed by atoms with Crippen LogP contribution in [0.4, 0.5) is 5.69 Å². The third kappa shape index (κ3) is 3.29. The molecule has 2 aromatic carbocycles. The summed E-state index contributed by atoms with van der Waals surface area (Å²) in [5.41, 5.74) is 6.17. The Balaban J connectivity index is 1.77. The van der Waals surface area contributed by atoms with Crippen molar-refractivity contribution in [2.75, 3.05) is 5.32 Å². The van der Waals surface area contributed by atoms with Crippen LogP contribution in [0, 0.1) is 13.8 Å². The zero-order valence-corrected chi connectivity index (χ0v) is 13.8. The van der Waals surface area contributed by atoms with Crippen molar-refractivity contribution in [3.05, 3.63) is 64.9 Å². The van der Waals surface area contributed by atoms with Gasteiger partial charge in [-0.25, -0.2) is 0 Å². The maximum absolute atomic E-state index is 12.3. The number of anilines is 1. The fourth-order valence-electron chi connectivity index (χ4n) is 2.96. The van der Waals surface area contributed by atoms with Crippen molar-refractivity contribution in [3.63, 3.8) is 0 Å². The lowest BCUT2D eigenvalue weighted by molar-refractivity contribution is -0.115. The van der Waals surface area contributed by atoms with Gasteiger partial charge in [0.2, 0.25) is 5.91 Å². The molecule has 0 atom stereocenters. The average Bonchev–Trinajstić information content (AvgIpc) is 2.90. The molecule has 1 aromatic heterocycles. The van der Waals surface area contributed by atoms with Crippen molar-refractivity contribution in [2.24, 2.45) is 0 Å². The Morgan fingerprint density at radius 1 is 1.13 bits per heavy atom. The lowest BCUT2D eigenvalue weighted by Gasteiger charge is -2.06. The Kier molecular flexibility index (Phi) is 4.20. The molecule has 1 amide bonds. The molecule has 23 heavy (non-hydrogen) atoms. The van der Waals surface area contributed by atoms with Crippen LogP contribution in [-0.4, -0.2) is 5.91 Å². The molecule has 0 radical (unpaired) electrons. The van der Waals surface area contributed by atoms with E-state index < -0.39 is 0 Å². The summed E-state index contributed by atoms with van der Waals surface area (Å²) in [4.78, 5) is 12.3. The van der Waals surface area contributed by atoms with Crippen molar-refractivity contribution in [2.45, 2.75) is 33.6 Å². The quantitative estimate of drug-likeness (QED) is 0.752. The van der Waals surface area contributed by atoms with E-state index in [0.29, 0.717) is 6.42 Å². The Bertz CT molecular complexity index is 844. The minimum Gasteiger partial charge on any atom is -0.464 e. The summed E-state index contributed by atoms with van der Waals surface area (Å²) >= 11 is 0. The molecule has 1 heterocycles. The summed E-state index contributed by atoms with van der Waals surface area (Å²) in [6.07, 6.45) is 3.00. The first-order chi connectivity index (χ1) is 11.1. The van der Waals surface area contributed by atoms with Crippen molar-refractivity contribution < 1.29 is 9.21 Å². The van der Waals surface area contributed by atoms with E-state index in [1.165, 1.54) is 5.56 Å². The zero-order valence-electron chi connectivity index (χ0n) is 13.8. The van der Waals surface area contributed by atoms with Crippen LogP contribution in [0.3, 0.4) is 0 Å². The normalized spacial score (nSPS) is 10.9. The summed E-state index contributed by atoms with van der Waals surface area (Å²) < 4.78 is 5.61.